The number of carbonyl (C=O) groups is 1. The summed E-state index contributed by atoms with van der Waals surface area (Å²) in [7, 11) is 5.23. The van der Waals surface area contributed by atoms with E-state index in [1.165, 1.54) is 16.2 Å². The SMILES string of the molecule is COc1ccc(SCCCC(=O)N=c2sc3cc(OC)ccc3n2C)cc1. The molecule has 0 fully saturated rings. The molecule has 5 nitrogen and oxygen atoms in total. The quantitative estimate of drug-likeness (QED) is 0.438. The van der Waals surface area contributed by atoms with Crippen LogP contribution in [0.5, 0.6) is 11.5 Å². The Morgan fingerprint density at radius 3 is 2.52 bits per heavy atom. The number of benzene rings is 2. The van der Waals surface area contributed by atoms with Gasteiger partial charge in [0.2, 0.25) is 5.91 Å². The highest BCUT2D eigenvalue weighted by Crippen LogP contribution is 2.23. The van der Waals surface area contributed by atoms with Gasteiger partial charge < -0.3 is 14.0 Å². The van der Waals surface area contributed by atoms with Crippen molar-refractivity contribution in [2.75, 3.05) is 20.0 Å². The lowest BCUT2D eigenvalue weighted by atomic mass is 10.3. The molecule has 1 amide bonds. The Balaban J connectivity index is 1.58. The molecule has 0 saturated carbocycles. The maximum atomic E-state index is 12.2. The molecular formula is C20H22N2O3S2. The molecule has 0 aliphatic carbocycles. The number of fused-ring (bicyclic) bond motifs is 1. The Morgan fingerprint density at radius 2 is 1.81 bits per heavy atom. The van der Waals surface area contributed by atoms with Crippen LogP contribution in [0.25, 0.3) is 10.2 Å². The van der Waals surface area contributed by atoms with E-state index in [-0.39, 0.29) is 5.91 Å². The lowest BCUT2D eigenvalue weighted by Crippen LogP contribution is -2.13. The monoisotopic (exact) mass is 402 g/mol. The molecule has 0 unspecified atom stereocenters. The van der Waals surface area contributed by atoms with Crippen molar-refractivity contribution in [2.45, 2.75) is 17.7 Å². The number of carbonyl (C=O) groups excluding carboxylic acids is 1. The average Bonchev–Trinajstić information content (AvgIpc) is 3.00. The number of amides is 1. The van der Waals surface area contributed by atoms with Crippen molar-refractivity contribution >= 4 is 39.2 Å². The summed E-state index contributed by atoms with van der Waals surface area (Å²) in [5.41, 5.74) is 1.04. The fourth-order valence-corrected chi connectivity index (χ4v) is 4.51. The number of thiazole rings is 1. The standard InChI is InChI=1S/C20H22N2O3S2/c1-22-17-11-8-15(25-3)13-18(17)27-20(22)21-19(23)5-4-12-26-16-9-6-14(24-2)7-10-16/h6-11,13H,4-5,12H2,1-3H3. The van der Waals surface area contributed by atoms with Crippen molar-refractivity contribution in [2.24, 2.45) is 12.0 Å². The fraction of sp³-hybridized carbons (Fsp3) is 0.300. The van der Waals surface area contributed by atoms with Gasteiger partial charge in [-0.2, -0.15) is 4.99 Å². The first-order valence-corrected chi connectivity index (χ1v) is 10.4. The number of methoxy groups -OCH3 is 2. The molecule has 27 heavy (non-hydrogen) atoms. The third kappa shape index (κ3) is 4.93. The molecular weight excluding hydrogens is 380 g/mol. The molecule has 3 rings (SSSR count). The van der Waals surface area contributed by atoms with Gasteiger partial charge in [-0.15, -0.1) is 11.8 Å². The number of aromatic nitrogens is 1. The molecule has 3 aromatic rings. The lowest BCUT2D eigenvalue weighted by Gasteiger charge is -2.02. The highest BCUT2D eigenvalue weighted by molar-refractivity contribution is 7.99. The summed E-state index contributed by atoms with van der Waals surface area (Å²) in [6.07, 6.45) is 1.24. The number of ether oxygens (including phenoxy) is 2. The summed E-state index contributed by atoms with van der Waals surface area (Å²) in [5.74, 6) is 2.45. The van der Waals surface area contributed by atoms with Crippen LogP contribution in [0.2, 0.25) is 0 Å². The summed E-state index contributed by atoms with van der Waals surface area (Å²) in [5, 5.41) is 0. The smallest absolute Gasteiger partial charge is 0.248 e. The normalized spacial score (nSPS) is 11.7. The first-order valence-electron chi connectivity index (χ1n) is 8.58. The van der Waals surface area contributed by atoms with Gasteiger partial charge in [-0.1, -0.05) is 11.3 Å². The van der Waals surface area contributed by atoms with Crippen LogP contribution < -0.4 is 14.3 Å². The molecule has 1 heterocycles. The Bertz CT molecular complexity index is 991. The number of hydrogen-bond donors (Lipinski definition) is 0. The van der Waals surface area contributed by atoms with Crippen LogP contribution in [0.15, 0.2) is 52.4 Å². The summed E-state index contributed by atoms with van der Waals surface area (Å²) in [4.78, 5) is 18.4. The minimum absolute atomic E-state index is 0.0838. The molecule has 142 valence electrons. The van der Waals surface area contributed by atoms with Crippen LogP contribution in [0.1, 0.15) is 12.8 Å². The number of hydrogen-bond acceptors (Lipinski definition) is 5. The maximum Gasteiger partial charge on any atom is 0.248 e. The fourth-order valence-electron chi connectivity index (χ4n) is 2.60. The van der Waals surface area contributed by atoms with Gasteiger partial charge in [0.05, 0.1) is 24.4 Å². The third-order valence-electron chi connectivity index (χ3n) is 4.10. The average molecular weight is 403 g/mol. The summed E-state index contributed by atoms with van der Waals surface area (Å²) < 4.78 is 13.4. The Hall–Kier alpha value is -2.25. The van der Waals surface area contributed by atoms with Gasteiger partial charge in [-0.05, 0) is 54.6 Å². The highest BCUT2D eigenvalue weighted by atomic mass is 32.2. The van der Waals surface area contributed by atoms with E-state index in [1.54, 1.807) is 26.0 Å². The Kier molecular flexibility index (Phi) is 6.58. The van der Waals surface area contributed by atoms with Crippen molar-refractivity contribution in [3.63, 3.8) is 0 Å². The van der Waals surface area contributed by atoms with E-state index in [4.69, 9.17) is 9.47 Å². The van der Waals surface area contributed by atoms with Crippen molar-refractivity contribution in [1.29, 1.82) is 0 Å². The van der Waals surface area contributed by atoms with Crippen LogP contribution in [0, 0.1) is 0 Å². The van der Waals surface area contributed by atoms with Crippen LogP contribution in [-0.2, 0) is 11.8 Å². The molecule has 0 aliphatic heterocycles. The van der Waals surface area contributed by atoms with Gasteiger partial charge in [0, 0.05) is 18.4 Å². The topological polar surface area (TPSA) is 52.8 Å². The predicted octanol–water partition coefficient (Wildman–Crippen LogP) is 4.26. The molecule has 0 atom stereocenters. The molecule has 0 bridgehead atoms. The minimum Gasteiger partial charge on any atom is -0.497 e. The molecule has 2 aromatic carbocycles. The lowest BCUT2D eigenvalue weighted by molar-refractivity contribution is -0.118. The van der Waals surface area contributed by atoms with E-state index < -0.39 is 0 Å². The van der Waals surface area contributed by atoms with E-state index in [0.717, 1.165) is 33.9 Å². The van der Waals surface area contributed by atoms with Crippen LogP contribution in [0.4, 0.5) is 0 Å². The van der Waals surface area contributed by atoms with Gasteiger partial charge in [0.15, 0.2) is 4.80 Å². The van der Waals surface area contributed by atoms with Crippen molar-refractivity contribution < 1.29 is 14.3 Å². The van der Waals surface area contributed by atoms with Gasteiger partial charge in [0.1, 0.15) is 11.5 Å². The number of nitrogens with zero attached hydrogens (tertiary/aromatic N) is 2. The van der Waals surface area contributed by atoms with E-state index in [2.05, 4.69) is 4.99 Å². The van der Waals surface area contributed by atoms with E-state index in [9.17, 15) is 4.79 Å². The number of rotatable bonds is 7. The highest BCUT2D eigenvalue weighted by Gasteiger charge is 2.06. The van der Waals surface area contributed by atoms with Gasteiger partial charge >= 0.3 is 0 Å². The molecule has 0 N–H and O–H groups in total. The summed E-state index contributed by atoms with van der Waals surface area (Å²) in [6.45, 7) is 0. The van der Waals surface area contributed by atoms with Crippen LogP contribution in [0.3, 0.4) is 0 Å². The van der Waals surface area contributed by atoms with E-state index >= 15 is 0 Å². The van der Waals surface area contributed by atoms with E-state index in [0.29, 0.717) is 11.2 Å². The van der Waals surface area contributed by atoms with Gasteiger partial charge in [-0.3, -0.25) is 4.79 Å². The molecule has 0 radical (unpaired) electrons. The second-order valence-electron chi connectivity index (χ2n) is 5.91. The molecule has 0 spiro atoms. The Morgan fingerprint density at radius 1 is 1.11 bits per heavy atom. The summed E-state index contributed by atoms with van der Waals surface area (Å²) >= 11 is 3.23. The largest absolute Gasteiger partial charge is 0.497 e. The van der Waals surface area contributed by atoms with Crippen molar-refractivity contribution in [3.05, 3.63) is 47.3 Å². The first kappa shape index (κ1) is 19.5. The molecule has 0 aliphatic rings. The zero-order valence-electron chi connectivity index (χ0n) is 15.6. The number of thioether (sulfide) groups is 1. The third-order valence-corrected chi connectivity index (χ3v) is 6.29. The van der Waals surface area contributed by atoms with Gasteiger partial charge in [0.25, 0.3) is 0 Å². The zero-order chi connectivity index (χ0) is 19.2. The first-order chi connectivity index (χ1) is 13.1. The zero-order valence-corrected chi connectivity index (χ0v) is 17.2. The van der Waals surface area contributed by atoms with E-state index in [1.807, 2.05) is 54.1 Å². The predicted molar refractivity (Wildman–Crippen MR) is 111 cm³/mol. The minimum atomic E-state index is -0.0838. The van der Waals surface area contributed by atoms with Crippen LogP contribution in [-0.4, -0.2) is 30.4 Å². The molecule has 7 heteroatoms. The van der Waals surface area contributed by atoms with Crippen LogP contribution >= 0.6 is 23.1 Å². The van der Waals surface area contributed by atoms with Crippen molar-refractivity contribution in [1.82, 2.24) is 4.57 Å². The molecule has 0 saturated heterocycles. The second-order valence-corrected chi connectivity index (χ2v) is 8.09. The molecule has 1 aromatic heterocycles. The Labute approximate surface area is 166 Å². The van der Waals surface area contributed by atoms with Crippen molar-refractivity contribution in [3.8, 4) is 11.5 Å². The maximum absolute atomic E-state index is 12.2. The number of aryl methyl sites for hydroxylation is 1. The second kappa shape index (κ2) is 9.10. The summed E-state index contributed by atoms with van der Waals surface area (Å²) in [6, 6.07) is 13.8. The van der Waals surface area contributed by atoms with Gasteiger partial charge in [-0.25, -0.2) is 0 Å².